The third kappa shape index (κ3) is 17.3. The molecule has 6 rings (SSSR count). The molecule has 0 aliphatic rings. The van der Waals surface area contributed by atoms with Crippen molar-refractivity contribution in [1.29, 1.82) is 0 Å². The number of alkyl carbamates (subject to hydrolysis) is 2. The second-order valence-electron chi connectivity index (χ2n) is 21.1. The van der Waals surface area contributed by atoms with Gasteiger partial charge in [-0.15, -0.1) is 11.3 Å². The fraction of sp³-hybridized carbons (Fsp3) is 0.436. The number of anilines is 1. The van der Waals surface area contributed by atoms with Crippen LogP contribution in [0.5, 0.6) is 0 Å². The molecule has 0 unspecified atom stereocenters. The van der Waals surface area contributed by atoms with Crippen LogP contribution in [0.25, 0.3) is 28.0 Å². The number of fused-ring (bicyclic) bond motifs is 1. The minimum Gasteiger partial charge on any atom is -0.445 e. The average Bonchev–Trinajstić information content (AvgIpc) is 4.00. The molecule has 3 heterocycles. The number of aromatic amines is 1. The highest BCUT2D eigenvalue weighted by Crippen LogP contribution is 2.33. The molecular formula is C55H68ClFN8O9S. The number of amides is 4. The Hall–Kier alpha value is -6.99. The summed E-state index contributed by atoms with van der Waals surface area (Å²) in [6.45, 7) is 18.4. The van der Waals surface area contributed by atoms with Gasteiger partial charge in [-0.25, -0.2) is 33.3 Å². The molecule has 0 aliphatic carbocycles. The van der Waals surface area contributed by atoms with Crippen molar-refractivity contribution in [3.8, 4) is 16.9 Å². The van der Waals surface area contributed by atoms with Gasteiger partial charge in [0.05, 0.1) is 22.4 Å². The third-order valence-electron chi connectivity index (χ3n) is 11.3. The minimum absolute atomic E-state index is 0.0637. The van der Waals surface area contributed by atoms with Crippen LogP contribution in [0.3, 0.4) is 0 Å². The number of nitrogens with zero attached hydrogens (tertiary/aromatic N) is 5. The van der Waals surface area contributed by atoms with Crippen LogP contribution in [0.1, 0.15) is 118 Å². The number of thiazole rings is 1. The van der Waals surface area contributed by atoms with Gasteiger partial charge in [-0.1, -0.05) is 54.1 Å². The van der Waals surface area contributed by atoms with Gasteiger partial charge in [0.2, 0.25) is 0 Å². The lowest BCUT2D eigenvalue weighted by atomic mass is 10.0. The molecule has 2 atom stereocenters. The Labute approximate surface area is 446 Å². The molecule has 3 aromatic carbocycles. The van der Waals surface area contributed by atoms with Crippen LogP contribution >= 0.6 is 22.9 Å². The predicted molar refractivity (Wildman–Crippen MR) is 289 cm³/mol. The number of halogens is 2. The highest BCUT2D eigenvalue weighted by atomic mass is 35.5. The summed E-state index contributed by atoms with van der Waals surface area (Å²) in [6, 6.07) is 20.5. The number of ether oxygens (including phenoxy) is 4. The fourth-order valence-corrected chi connectivity index (χ4v) is 8.85. The summed E-state index contributed by atoms with van der Waals surface area (Å²) in [5.41, 5.74) is 0.599. The predicted octanol–water partition coefficient (Wildman–Crippen LogP) is 12.3. The van der Waals surface area contributed by atoms with E-state index in [4.69, 9.17) is 30.5 Å². The molecule has 0 saturated heterocycles. The van der Waals surface area contributed by atoms with E-state index < -0.39 is 58.7 Å². The van der Waals surface area contributed by atoms with Crippen molar-refractivity contribution in [1.82, 2.24) is 35.1 Å². The van der Waals surface area contributed by atoms with Crippen molar-refractivity contribution in [2.24, 2.45) is 0 Å². The highest BCUT2D eigenvalue weighted by Gasteiger charge is 2.33. The molecule has 0 radical (unpaired) electrons. The lowest BCUT2D eigenvalue weighted by Gasteiger charge is -2.35. The molecule has 402 valence electrons. The number of hydrogen-bond acceptors (Lipinski definition) is 12. The second-order valence-corrected chi connectivity index (χ2v) is 22.4. The van der Waals surface area contributed by atoms with Crippen molar-refractivity contribution in [2.75, 3.05) is 24.5 Å². The van der Waals surface area contributed by atoms with Gasteiger partial charge >= 0.3 is 30.1 Å². The van der Waals surface area contributed by atoms with Gasteiger partial charge in [0.15, 0.2) is 10.9 Å². The Morgan fingerprint density at radius 1 is 0.827 bits per heavy atom. The molecule has 0 aliphatic heterocycles. The number of carbonyl (C=O) groups excluding carboxylic acids is 4. The minimum atomic E-state index is -0.868. The summed E-state index contributed by atoms with van der Waals surface area (Å²) in [7, 11) is 0. The zero-order valence-electron chi connectivity index (χ0n) is 44.3. The number of nitrogens with one attached hydrogen (secondary N) is 3. The quantitative estimate of drug-likeness (QED) is 0.0515. The van der Waals surface area contributed by atoms with Gasteiger partial charge in [-0.3, -0.25) is 9.47 Å². The Morgan fingerprint density at radius 3 is 2.16 bits per heavy atom. The van der Waals surface area contributed by atoms with Gasteiger partial charge in [-0.05, 0) is 148 Å². The molecule has 0 fully saturated rings. The van der Waals surface area contributed by atoms with E-state index in [9.17, 15) is 24.0 Å². The van der Waals surface area contributed by atoms with Crippen molar-refractivity contribution in [3.63, 3.8) is 0 Å². The van der Waals surface area contributed by atoms with Gasteiger partial charge < -0.3 is 39.5 Å². The summed E-state index contributed by atoms with van der Waals surface area (Å²) in [5, 5.41) is 8.23. The smallest absolute Gasteiger partial charge is 0.416 e. The Kier molecular flexibility index (Phi) is 19.1. The SMILES string of the molecule is C[C@@H](CCCc1cc(Cl)c(F)c(-c2cc3cn(-c4ccc([C@H](CCN(C(=O)OC(C)(C)C)c5nccs5)N(CCCNC(=O)OC(C)(C)C)C(=O)OC(C)(C)C)cc4)c(=O)nc3[nH]2)c1)NC(=O)OCc1ccccc1. The second kappa shape index (κ2) is 25.0. The van der Waals surface area contributed by atoms with Crippen LogP contribution in [-0.2, 0) is 32.0 Å². The van der Waals surface area contributed by atoms with E-state index in [-0.39, 0.29) is 54.9 Å². The summed E-state index contributed by atoms with van der Waals surface area (Å²) >= 11 is 7.71. The van der Waals surface area contributed by atoms with Gasteiger partial charge in [0.1, 0.15) is 29.1 Å². The molecule has 0 saturated carbocycles. The average molecular weight is 1070 g/mol. The monoisotopic (exact) mass is 1070 g/mol. The van der Waals surface area contributed by atoms with Crippen molar-refractivity contribution < 1.29 is 42.5 Å². The van der Waals surface area contributed by atoms with Crippen LogP contribution in [0, 0.1) is 5.82 Å². The lowest BCUT2D eigenvalue weighted by Crippen LogP contribution is -2.43. The first-order valence-corrected chi connectivity index (χ1v) is 26.1. The number of hydrogen-bond donors (Lipinski definition) is 3. The maximum Gasteiger partial charge on any atom is 0.416 e. The summed E-state index contributed by atoms with van der Waals surface area (Å²) < 4.78 is 39.6. The fourth-order valence-electron chi connectivity index (χ4n) is 7.95. The Morgan fingerprint density at radius 2 is 1.51 bits per heavy atom. The normalized spacial score (nSPS) is 12.6. The van der Waals surface area contributed by atoms with E-state index in [2.05, 4.69) is 25.6 Å². The van der Waals surface area contributed by atoms with Crippen LogP contribution in [0.15, 0.2) is 95.4 Å². The summed E-state index contributed by atoms with van der Waals surface area (Å²) in [4.78, 5) is 81.4. The van der Waals surface area contributed by atoms with Crippen LogP contribution in [0.2, 0.25) is 5.02 Å². The topological polar surface area (TPSA) is 199 Å². The first-order valence-electron chi connectivity index (χ1n) is 24.9. The lowest BCUT2D eigenvalue weighted by molar-refractivity contribution is 0.0147. The third-order valence-corrected chi connectivity index (χ3v) is 12.3. The molecule has 0 bridgehead atoms. The van der Waals surface area contributed by atoms with Crippen LogP contribution in [-0.4, -0.2) is 91.3 Å². The van der Waals surface area contributed by atoms with Gasteiger partial charge in [-0.2, -0.15) is 4.98 Å². The number of H-pyrrole nitrogens is 1. The van der Waals surface area contributed by atoms with Gasteiger partial charge in [0, 0.05) is 54.4 Å². The van der Waals surface area contributed by atoms with E-state index >= 15 is 4.39 Å². The highest BCUT2D eigenvalue weighted by molar-refractivity contribution is 7.13. The van der Waals surface area contributed by atoms with E-state index in [1.54, 1.807) is 127 Å². The van der Waals surface area contributed by atoms with E-state index in [0.29, 0.717) is 53.1 Å². The molecule has 6 aromatic rings. The zero-order valence-corrected chi connectivity index (χ0v) is 45.8. The number of aryl methyl sites for hydroxylation is 1. The molecule has 20 heteroatoms. The first-order chi connectivity index (χ1) is 35.3. The maximum absolute atomic E-state index is 15.8. The molecule has 0 spiro atoms. The number of benzene rings is 3. The maximum atomic E-state index is 15.8. The van der Waals surface area contributed by atoms with Crippen LogP contribution < -0.4 is 21.2 Å². The van der Waals surface area contributed by atoms with E-state index in [1.807, 2.05) is 37.3 Å². The summed E-state index contributed by atoms with van der Waals surface area (Å²) in [6.07, 6.45) is 3.22. The number of carbonyl (C=O) groups is 4. The van der Waals surface area contributed by atoms with E-state index in [1.165, 1.54) is 20.8 Å². The van der Waals surface area contributed by atoms with Gasteiger partial charge in [0.25, 0.3) is 0 Å². The van der Waals surface area contributed by atoms with Crippen molar-refractivity contribution >= 4 is 63.5 Å². The molecular weight excluding hydrogens is 1000 g/mol. The largest absolute Gasteiger partial charge is 0.445 e. The van der Waals surface area contributed by atoms with Crippen molar-refractivity contribution in [2.45, 2.75) is 137 Å². The Balaban J connectivity index is 1.24. The van der Waals surface area contributed by atoms with E-state index in [0.717, 1.165) is 11.1 Å². The summed E-state index contributed by atoms with van der Waals surface area (Å²) in [5.74, 6) is -0.635. The number of rotatable bonds is 19. The first kappa shape index (κ1) is 57.3. The molecule has 17 nitrogen and oxygen atoms in total. The number of aromatic nitrogens is 4. The molecule has 75 heavy (non-hydrogen) atoms. The molecule has 3 N–H and O–H groups in total. The Bertz CT molecular complexity index is 2950. The zero-order chi connectivity index (χ0) is 54.7. The van der Waals surface area contributed by atoms with Crippen molar-refractivity contribution in [3.05, 3.63) is 129 Å². The van der Waals surface area contributed by atoms with Crippen LogP contribution in [0.4, 0.5) is 28.7 Å². The standard InChI is InChI=1S/C55H68ClFN8O9S/c1-35(60-50(68)71-34-36-17-12-11-13-18-36)16-14-19-37-30-41(45(57)42(56)31-37)43-32-39-33-65(47(66)62-46(39)61-43)40-22-20-38(21-23-40)44(24-28-64(48-58-26-29-75-48)52(70)74-55(8,9)10)63(51(69)73-54(5,6)7)27-15-25-59-49(67)72-53(2,3)4/h11-13,17-18,20-23,26,29-33,35,44H,14-16,19,24-25,27-28,34H2,1-10H3,(H,59,67)(H,60,68)(H,61,62,66)/t35-,44-/m0/s1. The molecule has 4 amide bonds. The molecule has 3 aromatic heterocycles.